The minimum atomic E-state index is -0.438. The van der Waals surface area contributed by atoms with Crippen LogP contribution in [0.1, 0.15) is 29.5 Å². The van der Waals surface area contributed by atoms with Crippen molar-refractivity contribution in [1.82, 2.24) is 4.90 Å². The third-order valence-electron chi connectivity index (χ3n) is 5.63. The zero-order chi connectivity index (χ0) is 20.2. The Labute approximate surface area is 175 Å². The molecule has 1 fully saturated rings. The van der Waals surface area contributed by atoms with Crippen molar-refractivity contribution < 1.29 is 14.3 Å². The monoisotopic (exact) mass is 410 g/mol. The Morgan fingerprint density at radius 3 is 2.62 bits per heavy atom. The number of carbonyl (C=O) groups excluding carboxylic acids is 2. The fourth-order valence-electron chi connectivity index (χ4n) is 3.98. The fourth-order valence-corrected chi connectivity index (χ4v) is 5.16. The summed E-state index contributed by atoms with van der Waals surface area (Å²) in [6.45, 7) is 0. The van der Waals surface area contributed by atoms with E-state index < -0.39 is 6.04 Å². The second-order valence-corrected chi connectivity index (χ2v) is 8.58. The molecule has 0 bridgehead atoms. The highest BCUT2D eigenvalue weighted by molar-refractivity contribution is 7.99. The Bertz CT molecular complexity index is 897. The standard InChI is InChI=1S/C23H26N2O3S/c1-28-20-10-8-19(9-11-20)24-23(27)21-14-29-15-25(21)22(26)13-16-6-7-17-4-2-3-5-18(17)12-16/h6-12,21H,2-5,13-15H2,1H3,(H,24,27). The summed E-state index contributed by atoms with van der Waals surface area (Å²) in [4.78, 5) is 27.4. The quantitative estimate of drug-likeness (QED) is 0.817. The molecule has 0 saturated carbocycles. The predicted molar refractivity (Wildman–Crippen MR) is 116 cm³/mol. The molecule has 4 rings (SSSR count). The van der Waals surface area contributed by atoms with Gasteiger partial charge in [-0.15, -0.1) is 11.8 Å². The lowest BCUT2D eigenvalue weighted by molar-refractivity contribution is -0.135. The fraction of sp³-hybridized carbons (Fsp3) is 0.391. The van der Waals surface area contributed by atoms with Crippen molar-refractivity contribution in [2.24, 2.45) is 0 Å². The second kappa shape index (κ2) is 8.91. The Kier molecular flexibility index (Phi) is 6.09. The molecular formula is C23H26N2O3S. The molecule has 6 heteroatoms. The van der Waals surface area contributed by atoms with Gasteiger partial charge < -0.3 is 15.0 Å². The van der Waals surface area contributed by atoms with Crippen molar-refractivity contribution in [2.75, 3.05) is 24.1 Å². The molecule has 1 unspecified atom stereocenters. The van der Waals surface area contributed by atoms with Crippen molar-refractivity contribution in [1.29, 1.82) is 0 Å². The van der Waals surface area contributed by atoms with Crippen LogP contribution in [0.5, 0.6) is 5.75 Å². The second-order valence-electron chi connectivity index (χ2n) is 7.58. The molecule has 5 nitrogen and oxygen atoms in total. The van der Waals surface area contributed by atoms with Gasteiger partial charge >= 0.3 is 0 Å². The van der Waals surface area contributed by atoms with Gasteiger partial charge in [-0.1, -0.05) is 18.2 Å². The smallest absolute Gasteiger partial charge is 0.248 e. The normalized spacial score (nSPS) is 18.2. The molecule has 1 atom stereocenters. The predicted octanol–water partition coefficient (Wildman–Crippen LogP) is 3.66. The number of nitrogens with one attached hydrogen (secondary N) is 1. The summed E-state index contributed by atoms with van der Waals surface area (Å²) in [7, 11) is 1.61. The Hall–Kier alpha value is -2.47. The maximum absolute atomic E-state index is 12.9. The average molecular weight is 411 g/mol. The van der Waals surface area contributed by atoms with Crippen molar-refractivity contribution in [3.8, 4) is 5.75 Å². The Morgan fingerprint density at radius 1 is 1.10 bits per heavy atom. The van der Waals surface area contributed by atoms with Gasteiger partial charge in [-0.3, -0.25) is 9.59 Å². The lowest BCUT2D eigenvalue weighted by Gasteiger charge is -2.24. The van der Waals surface area contributed by atoms with E-state index in [4.69, 9.17) is 4.74 Å². The molecular weight excluding hydrogens is 384 g/mol. The summed E-state index contributed by atoms with van der Waals surface area (Å²) >= 11 is 1.62. The first kappa shape index (κ1) is 19.8. The molecule has 2 amide bonds. The third kappa shape index (κ3) is 4.58. The molecule has 0 aromatic heterocycles. The molecule has 1 heterocycles. The van der Waals surface area contributed by atoms with E-state index in [0.29, 0.717) is 23.7 Å². The highest BCUT2D eigenvalue weighted by atomic mass is 32.2. The highest BCUT2D eigenvalue weighted by Crippen LogP contribution is 2.26. The molecule has 1 aliphatic heterocycles. The molecule has 29 heavy (non-hydrogen) atoms. The van der Waals surface area contributed by atoms with E-state index in [1.165, 1.54) is 24.0 Å². The maximum Gasteiger partial charge on any atom is 0.248 e. The van der Waals surface area contributed by atoms with Crippen LogP contribution in [0.2, 0.25) is 0 Å². The van der Waals surface area contributed by atoms with E-state index in [0.717, 1.165) is 24.2 Å². The minimum Gasteiger partial charge on any atom is -0.497 e. The van der Waals surface area contributed by atoms with Gasteiger partial charge in [-0.05, 0) is 66.6 Å². The van der Waals surface area contributed by atoms with Crippen LogP contribution >= 0.6 is 11.8 Å². The van der Waals surface area contributed by atoms with Gasteiger partial charge in [0, 0.05) is 11.4 Å². The first-order valence-corrected chi connectivity index (χ1v) is 11.2. The molecule has 2 aromatic carbocycles. The number of anilines is 1. The van der Waals surface area contributed by atoms with Gasteiger partial charge in [0.25, 0.3) is 0 Å². The van der Waals surface area contributed by atoms with Crippen molar-refractivity contribution >= 4 is 29.3 Å². The topological polar surface area (TPSA) is 58.6 Å². The first-order chi connectivity index (χ1) is 14.1. The summed E-state index contributed by atoms with van der Waals surface area (Å²) in [5.74, 6) is 1.79. The number of hydrogen-bond acceptors (Lipinski definition) is 4. The number of fused-ring (bicyclic) bond motifs is 1. The van der Waals surface area contributed by atoms with E-state index >= 15 is 0 Å². The van der Waals surface area contributed by atoms with E-state index in [9.17, 15) is 9.59 Å². The van der Waals surface area contributed by atoms with Crippen LogP contribution in [-0.4, -0.2) is 41.5 Å². The number of methoxy groups -OCH3 is 1. The van der Waals surface area contributed by atoms with Crippen LogP contribution in [0, 0.1) is 0 Å². The van der Waals surface area contributed by atoms with Gasteiger partial charge in [0.1, 0.15) is 11.8 Å². The number of benzene rings is 2. The number of rotatable bonds is 5. The van der Waals surface area contributed by atoms with E-state index in [2.05, 4.69) is 23.5 Å². The van der Waals surface area contributed by atoms with Gasteiger partial charge in [0.05, 0.1) is 19.4 Å². The third-order valence-corrected chi connectivity index (χ3v) is 6.64. The molecule has 1 aliphatic carbocycles. The number of amides is 2. The van der Waals surface area contributed by atoms with Crippen LogP contribution in [0.4, 0.5) is 5.69 Å². The van der Waals surface area contributed by atoms with E-state index in [1.54, 1.807) is 48.0 Å². The summed E-state index contributed by atoms with van der Waals surface area (Å²) in [5.41, 5.74) is 4.55. The first-order valence-electron chi connectivity index (χ1n) is 10.1. The zero-order valence-electron chi connectivity index (χ0n) is 16.6. The number of ether oxygens (including phenoxy) is 1. The van der Waals surface area contributed by atoms with Crippen LogP contribution in [0.15, 0.2) is 42.5 Å². The Balaban J connectivity index is 1.40. The average Bonchev–Trinajstić information content (AvgIpc) is 3.24. The van der Waals surface area contributed by atoms with Crippen LogP contribution in [-0.2, 0) is 28.9 Å². The van der Waals surface area contributed by atoms with Gasteiger partial charge in [-0.2, -0.15) is 0 Å². The summed E-state index contributed by atoms with van der Waals surface area (Å²) in [6.07, 6.45) is 5.06. The lowest BCUT2D eigenvalue weighted by atomic mass is 9.90. The van der Waals surface area contributed by atoms with Gasteiger partial charge in [-0.25, -0.2) is 0 Å². The molecule has 0 spiro atoms. The number of nitrogens with zero attached hydrogens (tertiary/aromatic N) is 1. The number of thioether (sulfide) groups is 1. The minimum absolute atomic E-state index is 0.0145. The van der Waals surface area contributed by atoms with Gasteiger partial charge in [0.2, 0.25) is 11.8 Å². The zero-order valence-corrected chi connectivity index (χ0v) is 17.5. The molecule has 2 aromatic rings. The van der Waals surface area contributed by atoms with Crippen LogP contribution in [0.3, 0.4) is 0 Å². The SMILES string of the molecule is COc1ccc(NC(=O)C2CSCN2C(=O)Cc2ccc3c(c2)CCCC3)cc1. The largest absolute Gasteiger partial charge is 0.497 e. The van der Waals surface area contributed by atoms with E-state index in [-0.39, 0.29) is 11.8 Å². The number of carbonyl (C=O) groups is 2. The van der Waals surface area contributed by atoms with Crippen molar-refractivity contribution in [3.05, 3.63) is 59.2 Å². The lowest BCUT2D eigenvalue weighted by Crippen LogP contribution is -2.45. The van der Waals surface area contributed by atoms with E-state index in [1.807, 2.05) is 0 Å². The maximum atomic E-state index is 12.9. The number of aryl methyl sites for hydroxylation is 2. The van der Waals surface area contributed by atoms with Crippen molar-refractivity contribution in [3.63, 3.8) is 0 Å². The number of hydrogen-bond donors (Lipinski definition) is 1. The molecule has 0 radical (unpaired) electrons. The van der Waals surface area contributed by atoms with Gasteiger partial charge in [0.15, 0.2) is 0 Å². The summed E-state index contributed by atoms with van der Waals surface area (Å²) in [5, 5.41) is 2.92. The van der Waals surface area contributed by atoms with Crippen LogP contribution in [0.25, 0.3) is 0 Å². The molecule has 1 saturated heterocycles. The molecule has 152 valence electrons. The van der Waals surface area contributed by atoms with Crippen molar-refractivity contribution in [2.45, 2.75) is 38.1 Å². The Morgan fingerprint density at radius 2 is 1.86 bits per heavy atom. The summed E-state index contributed by atoms with van der Waals surface area (Å²) < 4.78 is 5.14. The summed E-state index contributed by atoms with van der Waals surface area (Å²) in [6, 6.07) is 13.2. The van der Waals surface area contributed by atoms with Crippen LogP contribution < -0.4 is 10.1 Å². The molecule has 2 aliphatic rings. The molecule has 1 N–H and O–H groups in total. The highest BCUT2D eigenvalue weighted by Gasteiger charge is 2.34.